The molecule has 0 spiro atoms. The molecule has 3 rings (SSSR count). The summed E-state index contributed by atoms with van der Waals surface area (Å²) in [6, 6.07) is 7.16. The summed E-state index contributed by atoms with van der Waals surface area (Å²) in [6.07, 6.45) is 5.24. The van der Waals surface area contributed by atoms with Crippen LogP contribution >= 0.6 is 0 Å². The number of nitrogens with zero attached hydrogens (tertiary/aromatic N) is 2. The fourth-order valence-electron chi connectivity index (χ4n) is 1.91. The van der Waals surface area contributed by atoms with E-state index in [1.54, 1.807) is 36.8 Å². The third-order valence-corrected chi connectivity index (χ3v) is 2.77. The molecule has 82 valence electrons. The van der Waals surface area contributed by atoms with Crippen LogP contribution in [0.3, 0.4) is 0 Å². The molecule has 0 saturated heterocycles. The van der Waals surface area contributed by atoms with Crippen LogP contribution in [0.2, 0.25) is 0 Å². The van der Waals surface area contributed by atoms with E-state index in [1.165, 1.54) is 0 Å². The van der Waals surface area contributed by atoms with Gasteiger partial charge in [0.2, 0.25) is 5.91 Å². The van der Waals surface area contributed by atoms with Crippen LogP contribution in [-0.4, -0.2) is 15.9 Å². The summed E-state index contributed by atoms with van der Waals surface area (Å²) in [5, 5.41) is 2.89. The average molecular weight is 223 g/mol. The number of rotatable bonds is 1. The fourth-order valence-corrected chi connectivity index (χ4v) is 1.91. The van der Waals surface area contributed by atoms with Gasteiger partial charge in [-0.2, -0.15) is 0 Å². The number of carbonyl (C=O) groups excluding carboxylic acids is 1. The van der Waals surface area contributed by atoms with Crippen molar-refractivity contribution in [1.29, 1.82) is 0 Å². The van der Waals surface area contributed by atoms with Crippen molar-refractivity contribution in [3.05, 3.63) is 48.4 Å². The van der Waals surface area contributed by atoms with Crippen molar-refractivity contribution < 1.29 is 4.79 Å². The molecule has 1 amide bonds. The Morgan fingerprint density at radius 1 is 1.12 bits per heavy atom. The van der Waals surface area contributed by atoms with Crippen molar-refractivity contribution in [2.24, 2.45) is 5.73 Å². The van der Waals surface area contributed by atoms with Gasteiger partial charge < -0.3 is 5.73 Å². The highest BCUT2D eigenvalue weighted by atomic mass is 16.1. The van der Waals surface area contributed by atoms with E-state index in [0.29, 0.717) is 5.56 Å². The van der Waals surface area contributed by atoms with E-state index in [2.05, 4.69) is 9.97 Å². The monoisotopic (exact) mass is 223 g/mol. The molecular formula is C13H9N3O. The third kappa shape index (κ3) is 1.50. The summed E-state index contributed by atoms with van der Waals surface area (Å²) in [5.74, 6) is -0.432. The number of hydrogen-bond donors (Lipinski definition) is 1. The molecular weight excluding hydrogens is 214 g/mol. The van der Waals surface area contributed by atoms with Crippen molar-refractivity contribution in [3.8, 4) is 0 Å². The molecule has 0 aliphatic heterocycles. The van der Waals surface area contributed by atoms with Gasteiger partial charge in [-0.05, 0) is 29.7 Å². The average Bonchev–Trinajstić information content (AvgIpc) is 2.38. The first-order valence-electron chi connectivity index (χ1n) is 5.18. The summed E-state index contributed by atoms with van der Waals surface area (Å²) >= 11 is 0. The van der Waals surface area contributed by atoms with Gasteiger partial charge in [-0.3, -0.25) is 14.8 Å². The van der Waals surface area contributed by atoms with Crippen molar-refractivity contribution in [3.63, 3.8) is 0 Å². The second-order valence-corrected chi connectivity index (χ2v) is 3.82. The van der Waals surface area contributed by atoms with Gasteiger partial charge in [0.25, 0.3) is 0 Å². The standard InChI is InChI=1S/C13H9N3O/c14-13(17)8-1-2-12-11(5-8)10-3-4-15-6-9(10)7-16-12/h1-7H,(H2,14,17). The molecule has 0 atom stereocenters. The molecule has 0 saturated carbocycles. The molecule has 2 N–H and O–H groups in total. The number of amides is 1. The second-order valence-electron chi connectivity index (χ2n) is 3.82. The number of hydrogen-bond acceptors (Lipinski definition) is 3. The maximum atomic E-state index is 11.2. The quantitative estimate of drug-likeness (QED) is 0.640. The van der Waals surface area contributed by atoms with Gasteiger partial charge in [0.15, 0.2) is 0 Å². The Bertz CT molecular complexity index is 737. The molecule has 0 aliphatic carbocycles. The van der Waals surface area contributed by atoms with Gasteiger partial charge in [-0.25, -0.2) is 0 Å². The van der Waals surface area contributed by atoms with E-state index < -0.39 is 5.91 Å². The van der Waals surface area contributed by atoms with Crippen LogP contribution in [0.5, 0.6) is 0 Å². The molecule has 0 bridgehead atoms. The third-order valence-electron chi connectivity index (χ3n) is 2.77. The Morgan fingerprint density at radius 2 is 2.00 bits per heavy atom. The van der Waals surface area contributed by atoms with Gasteiger partial charge in [0.1, 0.15) is 0 Å². The Hall–Kier alpha value is -2.49. The Kier molecular flexibility index (Phi) is 2.01. The van der Waals surface area contributed by atoms with E-state index in [9.17, 15) is 4.79 Å². The lowest BCUT2D eigenvalue weighted by Gasteiger charge is -2.03. The molecule has 1 aromatic carbocycles. The lowest BCUT2D eigenvalue weighted by Crippen LogP contribution is -2.10. The van der Waals surface area contributed by atoms with Gasteiger partial charge in [-0.15, -0.1) is 0 Å². The van der Waals surface area contributed by atoms with E-state index in [1.807, 2.05) is 6.07 Å². The highest BCUT2D eigenvalue weighted by Gasteiger charge is 2.05. The zero-order valence-electron chi connectivity index (χ0n) is 8.92. The predicted octanol–water partition coefficient (Wildman–Crippen LogP) is 1.88. The van der Waals surface area contributed by atoms with Crippen molar-refractivity contribution in [2.75, 3.05) is 0 Å². The number of benzene rings is 1. The number of primary amides is 1. The van der Waals surface area contributed by atoms with Crippen LogP contribution in [-0.2, 0) is 0 Å². The molecule has 0 radical (unpaired) electrons. The van der Waals surface area contributed by atoms with Crippen LogP contribution in [0.1, 0.15) is 10.4 Å². The minimum absolute atomic E-state index is 0.432. The van der Waals surface area contributed by atoms with Crippen molar-refractivity contribution in [1.82, 2.24) is 9.97 Å². The predicted molar refractivity (Wildman–Crippen MR) is 65.6 cm³/mol. The highest BCUT2D eigenvalue weighted by molar-refractivity contribution is 6.07. The zero-order chi connectivity index (χ0) is 11.8. The molecule has 0 unspecified atom stereocenters. The maximum Gasteiger partial charge on any atom is 0.248 e. The topological polar surface area (TPSA) is 68.9 Å². The van der Waals surface area contributed by atoms with E-state index in [0.717, 1.165) is 21.7 Å². The summed E-state index contributed by atoms with van der Waals surface area (Å²) in [6.45, 7) is 0. The first-order chi connectivity index (χ1) is 8.25. The summed E-state index contributed by atoms with van der Waals surface area (Å²) in [4.78, 5) is 19.5. The van der Waals surface area contributed by atoms with Crippen LogP contribution in [0.25, 0.3) is 21.7 Å². The van der Waals surface area contributed by atoms with Crippen molar-refractivity contribution >= 4 is 27.6 Å². The lowest BCUT2D eigenvalue weighted by atomic mass is 10.1. The summed E-state index contributed by atoms with van der Waals surface area (Å²) in [5.41, 5.74) is 6.61. The minimum Gasteiger partial charge on any atom is -0.366 e. The number of nitrogens with two attached hydrogens (primary N) is 1. The molecule has 4 nitrogen and oxygen atoms in total. The molecule has 0 aliphatic rings. The van der Waals surface area contributed by atoms with Crippen LogP contribution in [0.15, 0.2) is 42.9 Å². The van der Waals surface area contributed by atoms with E-state index in [-0.39, 0.29) is 0 Å². The summed E-state index contributed by atoms with van der Waals surface area (Å²) < 4.78 is 0. The van der Waals surface area contributed by atoms with Crippen LogP contribution in [0, 0.1) is 0 Å². The highest BCUT2D eigenvalue weighted by Crippen LogP contribution is 2.23. The second kappa shape index (κ2) is 3.52. The van der Waals surface area contributed by atoms with Gasteiger partial charge >= 0.3 is 0 Å². The molecule has 17 heavy (non-hydrogen) atoms. The Labute approximate surface area is 97.1 Å². The smallest absolute Gasteiger partial charge is 0.248 e. The van der Waals surface area contributed by atoms with Gasteiger partial charge in [0, 0.05) is 34.9 Å². The summed E-state index contributed by atoms with van der Waals surface area (Å²) in [7, 11) is 0. The Morgan fingerprint density at radius 3 is 2.82 bits per heavy atom. The zero-order valence-corrected chi connectivity index (χ0v) is 8.92. The van der Waals surface area contributed by atoms with Gasteiger partial charge in [-0.1, -0.05) is 0 Å². The molecule has 0 fully saturated rings. The number of aromatic nitrogens is 2. The van der Waals surface area contributed by atoms with Crippen molar-refractivity contribution in [2.45, 2.75) is 0 Å². The molecule has 3 aromatic rings. The first kappa shape index (κ1) is 9.72. The van der Waals surface area contributed by atoms with E-state index in [4.69, 9.17) is 5.73 Å². The first-order valence-corrected chi connectivity index (χ1v) is 5.18. The Balaban J connectivity index is 2.46. The SMILES string of the molecule is NC(=O)c1ccc2ncc3cnccc3c2c1. The maximum absolute atomic E-state index is 11.2. The largest absolute Gasteiger partial charge is 0.366 e. The number of fused-ring (bicyclic) bond motifs is 3. The fraction of sp³-hybridized carbons (Fsp3) is 0. The number of carbonyl (C=O) groups is 1. The molecule has 2 aromatic heterocycles. The number of pyridine rings is 2. The van der Waals surface area contributed by atoms with E-state index >= 15 is 0 Å². The van der Waals surface area contributed by atoms with Gasteiger partial charge in [0.05, 0.1) is 5.52 Å². The lowest BCUT2D eigenvalue weighted by molar-refractivity contribution is 0.100. The molecule has 2 heterocycles. The normalized spacial score (nSPS) is 10.8. The minimum atomic E-state index is -0.432. The van der Waals surface area contributed by atoms with Crippen LogP contribution < -0.4 is 5.73 Å². The molecule has 4 heteroatoms. The van der Waals surface area contributed by atoms with Crippen LogP contribution in [0.4, 0.5) is 0 Å².